The Hall–Kier alpha value is -8.48. The summed E-state index contributed by atoms with van der Waals surface area (Å²) in [5, 5.41) is 5.50. The lowest BCUT2D eigenvalue weighted by molar-refractivity contribution is 0.477. The van der Waals surface area contributed by atoms with Crippen molar-refractivity contribution in [1.29, 1.82) is 0 Å². The van der Waals surface area contributed by atoms with Gasteiger partial charge in [-0.25, -0.2) is 9.97 Å². The summed E-state index contributed by atoms with van der Waals surface area (Å²) in [5.41, 5.74) is 13.9. The summed E-state index contributed by atoms with van der Waals surface area (Å²) in [5.74, 6) is 2.20. The number of furan rings is 1. The molecule has 0 radical (unpaired) electrons. The zero-order chi connectivity index (χ0) is 40.7. The molecule has 6 nitrogen and oxygen atoms in total. The Balaban J connectivity index is 0.929. The van der Waals surface area contributed by atoms with Crippen molar-refractivity contribution in [2.24, 2.45) is 0 Å². The van der Waals surface area contributed by atoms with Crippen LogP contribution in [0.2, 0.25) is 0 Å². The molecule has 0 saturated heterocycles. The quantitative estimate of drug-likeness (QED) is 0.174. The molecule has 1 aliphatic rings. The van der Waals surface area contributed by atoms with Gasteiger partial charge in [-0.1, -0.05) is 146 Å². The number of nitrogens with zero attached hydrogens (tertiary/aromatic N) is 4. The minimum atomic E-state index is 0.640. The van der Waals surface area contributed by atoms with Gasteiger partial charge < -0.3 is 9.15 Å². The molecule has 3 aromatic heterocycles. The van der Waals surface area contributed by atoms with Gasteiger partial charge in [0.25, 0.3) is 0 Å². The largest absolute Gasteiger partial charge is 0.454 e. The third-order valence-corrected chi connectivity index (χ3v) is 12.2. The summed E-state index contributed by atoms with van der Waals surface area (Å²) in [4.78, 5) is 12.7. The Bertz CT molecular complexity index is 3750. The molecule has 13 rings (SSSR count). The standard InChI is InChI=1S/C56H34N4O2/c1-2-14-35(15-3-1)54-44-20-4-7-22-45(44)57-56(58-54)60-46-23-8-5-18-40(46)41-30-28-38(33-50(41)60)36-16-12-17-37(32-36)39-29-31-48-53(34-39)61-52-27-11-9-24-47(52)59(48)49-25-13-21-43-42-19-6-10-26-51(42)62-55(43)49/h1-34H. The van der Waals surface area contributed by atoms with Crippen LogP contribution in [-0.4, -0.2) is 14.5 Å². The number of para-hydroxylation sites is 6. The normalized spacial score (nSPS) is 12.3. The van der Waals surface area contributed by atoms with E-state index in [0.29, 0.717) is 5.95 Å². The molecule has 0 spiro atoms. The van der Waals surface area contributed by atoms with E-state index in [-0.39, 0.29) is 0 Å². The van der Waals surface area contributed by atoms with E-state index in [1.54, 1.807) is 0 Å². The molecule has 290 valence electrons. The SMILES string of the molecule is c1ccc(-c2nc(-n3c4ccccc4c4ccc(-c5cccc(-c6ccc7c(c6)Oc6ccccc6N7c6cccc7c6oc6ccccc67)c5)cc43)nc3ccccc23)cc1. The molecule has 0 bridgehead atoms. The molecule has 62 heavy (non-hydrogen) atoms. The van der Waals surface area contributed by atoms with Crippen LogP contribution in [0.4, 0.5) is 17.1 Å². The number of rotatable bonds is 5. The first kappa shape index (κ1) is 34.4. The molecule has 0 N–H and O–H groups in total. The van der Waals surface area contributed by atoms with Crippen LogP contribution in [0, 0.1) is 0 Å². The Morgan fingerprint density at radius 1 is 0.371 bits per heavy atom. The van der Waals surface area contributed by atoms with Gasteiger partial charge in [0.1, 0.15) is 5.58 Å². The molecule has 0 atom stereocenters. The minimum Gasteiger partial charge on any atom is -0.454 e. The fourth-order valence-corrected chi connectivity index (χ4v) is 9.33. The lowest BCUT2D eigenvalue weighted by Crippen LogP contribution is -2.16. The molecular formula is C56H34N4O2. The van der Waals surface area contributed by atoms with Gasteiger partial charge in [0.15, 0.2) is 17.1 Å². The van der Waals surface area contributed by atoms with E-state index in [1.165, 1.54) is 0 Å². The number of aromatic nitrogens is 3. The van der Waals surface area contributed by atoms with Crippen molar-refractivity contribution in [3.8, 4) is 51.0 Å². The zero-order valence-electron chi connectivity index (χ0n) is 33.2. The van der Waals surface area contributed by atoms with Crippen molar-refractivity contribution < 1.29 is 9.15 Å². The fourth-order valence-electron chi connectivity index (χ4n) is 9.33. The van der Waals surface area contributed by atoms with Gasteiger partial charge in [0.2, 0.25) is 5.95 Å². The molecule has 0 amide bonds. The Morgan fingerprint density at radius 2 is 1.00 bits per heavy atom. The van der Waals surface area contributed by atoms with Gasteiger partial charge in [0.05, 0.1) is 39.3 Å². The molecule has 6 heteroatoms. The van der Waals surface area contributed by atoms with Crippen molar-refractivity contribution in [2.45, 2.75) is 0 Å². The van der Waals surface area contributed by atoms with E-state index in [0.717, 1.165) is 117 Å². The van der Waals surface area contributed by atoms with E-state index in [9.17, 15) is 0 Å². The van der Waals surface area contributed by atoms with Crippen molar-refractivity contribution in [3.63, 3.8) is 0 Å². The number of anilines is 3. The van der Waals surface area contributed by atoms with Gasteiger partial charge in [-0.3, -0.25) is 9.47 Å². The first-order valence-corrected chi connectivity index (χ1v) is 20.8. The molecule has 0 fully saturated rings. The van der Waals surface area contributed by atoms with E-state index in [4.69, 9.17) is 19.1 Å². The second-order valence-electron chi connectivity index (χ2n) is 15.8. The topological polar surface area (TPSA) is 56.3 Å². The average Bonchev–Trinajstić information content (AvgIpc) is 3.89. The van der Waals surface area contributed by atoms with Crippen molar-refractivity contribution in [1.82, 2.24) is 14.5 Å². The van der Waals surface area contributed by atoms with Gasteiger partial charge in [-0.05, 0) is 82.9 Å². The maximum atomic E-state index is 6.69. The summed E-state index contributed by atoms with van der Waals surface area (Å²) >= 11 is 0. The maximum Gasteiger partial charge on any atom is 0.235 e. The highest BCUT2D eigenvalue weighted by molar-refractivity contribution is 6.12. The van der Waals surface area contributed by atoms with E-state index >= 15 is 0 Å². The van der Waals surface area contributed by atoms with Crippen molar-refractivity contribution >= 4 is 71.7 Å². The Kier molecular flexibility index (Phi) is 7.50. The lowest BCUT2D eigenvalue weighted by atomic mass is 9.97. The monoisotopic (exact) mass is 794 g/mol. The van der Waals surface area contributed by atoms with Crippen LogP contribution in [0.25, 0.3) is 94.1 Å². The highest BCUT2D eigenvalue weighted by atomic mass is 16.5. The molecule has 0 aliphatic carbocycles. The van der Waals surface area contributed by atoms with Gasteiger partial charge in [0, 0.05) is 32.5 Å². The van der Waals surface area contributed by atoms with Crippen LogP contribution in [0.3, 0.4) is 0 Å². The number of ether oxygens (including phenoxy) is 1. The lowest BCUT2D eigenvalue weighted by Gasteiger charge is -2.33. The molecule has 9 aromatic carbocycles. The predicted molar refractivity (Wildman–Crippen MR) is 252 cm³/mol. The van der Waals surface area contributed by atoms with Gasteiger partial charge >= 0.3 is 0 Å². The summed E-state index contributed by atoms with van der Waals surface area (Å²) in [6.45, 7) is 0. The Labute approximate surface area is 356 Å². The molecule has 12 aromatic rings. The summed E-state index contributed by atoms with van der Waals surface area (Å²) in [6, 6.07) is 71.9. The zero-order valence-corrected chi connectivity index (χ0v) is 33.2. The van der Waals surface area contributed by atoms with Crippen LogP contribution in [0.1, 0.15) is 0 Å². The van der Waals surface area contributed by atoms with Crippen LogP contribution >= 0.6 is 0 Å². The molecular weight excluding hydrogens is 761 g/mol. The number of hydrogen-bond donors (Lipinski definition) is 0. The maximum absolute atomic E-state index is 6.69. The van der Waals surface area contributed by atoms with Crippen LogP contribution in [-0.2, 0) is 0 Å². The molecule has 0 saturated carbocycles. The van der Waals surface area contributed by atoms with Crippen molar-refractivity contribution in [2.75, 3.05) is 4.90 Å². The number of benzene rings is 9. The second kappa shape index (κ2) is 13.5. The summed E-state index contributed by atoms with van der Waals surface area (Å²) < 4.78 is 15.4. The van der Waals surface area contributed by atoms with Crippen LogP contribution < -0.4 is 9.64 Å². The van der Waals surface area contributed by atoms with Crippen LogP contribution in [0.5, 0.6) is 11.5 Å². The smallest absolute Gasteiger partial charge is 0.235 e. The third kappa shape index (κ3) is 5.30. The van der Waals surface area contributed by atoms with Crippen molar-refractivity contribution in [3.05, 3.63) is 206 Å². The van der Waals surface area contributed by atoms with Gasteiger partial charge in [-0.15, -0.1) is 0 Å². The highest BCUT2D eigenvalue weighted by Gasteiger charge is 2.29. The average molecular weight is 795 g/mol. The summed E-state index contributed by atoms with van der Waals surface area (Å²) in [6.07, 6.45) is 0. The number of fused-ring (bicyclic) bond motifs is 9. The highest BCUT2D eigenvalue weighted by Crippen LogP contribution is 2.53. The molecule has 0 unspecified atom stereocenters. The van der Waals surface area contributed by atoms with Crippen LogP contribution in [0.15, 0.2) is 211 Å². The first-order chi connectivity index (χ1) is 30.7. The fraction of sp³-hybridized carbons (Fsp3) is 0. The number of hydrogen-bond acceptors (Lipinski definition) is 5. The predicted octanol–water partition coefficient (Wildman–Crippen LogP) is 15.2. The second-order valence-corrected chi connectivity index (χ2v) is 15.8. The van der Waals surface area contributed by atoms with E-state index in [2.05, 4.69) is 167 Å². The molecule has 4 heterocycles. The Morgan fingerprint density at radius 3 is 1.90 bits per heavy atom. The minimum absolute atomic E-state index is 0.640. The first-order valence-electron chi connectivity index (χ1n) is 20.8. The van der Waals surface area contributed by atoms with E-state index in [1.807, 2.05) is 48.5 Å². The summed E-state index contributed by atoms with van der Waals surface area (Å²) in [7, 11) is 0. The molecule has 1 aliphatic heterocycles. The van der Waals surface area contributed by atoms with Gasteiger partial charge in [-0.2, -0.15) is 0 Å². The van der Waals surface area contributed by atoms with E-state index < -0.39 is 0 Å². The third-order valence-electron chi connectivity index (χ3n) is 12.2.